The molecular formula is C23H21F3N2O2S. The normalized spacial score (nSPS) is 18.4. The minimum atomic E-state index is -1.49. The molecule has 5 rings (SSSR count). The summed E-state index contributed by atoms with van der Waals surface area (Å²) in [6.07, 6.45) is 4.82. The summed E-state index contributed by atoms with van der Waals surface area (Å²) < 4.78 is 47.5. The molecule has 1 heterocycles. The van der Waals surface area contributed by atoms with Crippen LogP contribution in [0.1, 0.15) is 48.8 Å². The Morgan fingerprint density at radius 1 is 1.06 bits per heavy atom. The van der Waals surface area contributed by atoms with Crippen LogP contribution >= 0.6 is 11.3 Å². The predicted octanol–water partition coefficient (Wildman–Crippen LogP) is 6.27. The molecule has 0 spiro atoms. The third-order valence-electron chi connectivity index (χ3n) is 5.81. The van der Waals surface area contributed by atoms with E-state index in [-0.39, 0.29) is 11.7 Å². The number of nitrogens with one attached hydrogen (secondary N) is 1. The lowest BCUT2D eigenvalue weighted by molar-refractivity contribution is 0.122. The SMILES string of the molecule is OC1CCCc2sc(Nc3cccc(-c4cc(F)c(F)c(F)c4)c3OC3CCC3)nc21. The Bertz CT molecular complexity index is 1110. The summed E-state index contributed by atoms with van der Waals surface area (Å²) in [6.45, 7) is 0. The number of hydrogen-bond donors (Lipinski definition) is 2. The van der Waals surface area contributed by atoms with Crippen molar-refractivity contribution in [2.24, 2.45) is 0 Å². The topological polar surface area (TPSA) is 54.4 Å². The number of ether oxygens (including phenoxy) is 1. The van der Waals surface area contributed by atoms with E-state index in [0.29, 0.717) is 34.2 Å². The van der Waals surface area contributed by atoms with Crippen LogP contribution in [0, 0.1) is 17.5 Å². The number of para-hydroxylation sites is 1. The van der Waals surface area contributed by atoms with Gasteiger partial charge in [0.2, 0.25) is 0 Å². The number of aliphatic hydroxyl groups is 1. The van der Waals surface area contributed by atoms with E-state index in [4.69, 9.17) is 4.74 Å². The number of nitrogens with zero attached hydrogens (tertiary/aromatic N) is 1. The minimum absolute atomic E-state index is 0.0168. The van der Waals surface area contributed by atoms with Crippen LogP contribution in [0.25, 0.3) is 11.1 Å². The average molecular weight is 446 g/mol. The zero-order valence-electron chi connectivity index (χ0n) is 16.6. The van der Waals surface area contributed by atoms with Crippen LogP contribution in [0.15, 0.2) is 30.3 Å². The van der Waals surface area contributed by atoms with E-state index in [9.17, 15) is 18.3 Å². The number of hydrogen-bond acceptors (Lipinski definition) is 5. The van der Waals surface area contributed by atoms with Crippen molar-refractivity contribution in [2.45, 2.75) is 50.7 Å². The third-order valence-corrected chi connectivity index (χ3v) is 6.86. The van der Waals surface area contributed by atoms with Gasteiger partial charge in [0.15, 0.2) is 28.3 Å². The lowest BCUT2D eigenvalue weighted by atomic mass is 9.95. The molecule has 2 aliphatic rings. The fourth-order valence-electron chi connectivity index (χ4n) is 3.92. The molecule has 1 aromatic heterocycles. The van der Waals surface area contributed by atoms with Gasteiger partial charge in [-0.05, 0) is 62.3 Å². The van der Waals surface area contributed by atoms with Gasteiger partial charge in [-0.2, -0.15) is 0 Å². The number of aromatic nitrogens is 1. The van der Waals surface area contributed by atoms with Gasteiger partial charge in [0.1, 0.15) is 0 Å². The lowest BCUT2D eigenvalue weighted by Crippen LogP contribution is -2.25. The molecular weight excluding hydrogens is 425 g/mol. The van der Waals surface area contributed by atoms with Crippen molar-refractivity contribution >= 4 is 22.2 Å². The summed E-state index contributed by atoms with van der Waals surface area (Å²) in [5.41, 5.74) is 1.98. The summed E-state index contributed by atoms with van der Waals surface area (Å²) in [5.74, 6) is -3.54. The predicted molar refractivity (Wildman–Crippen MR) is 113 cm³/mol. The molecule has 1 atom stereocenters. The second-order valence-electron chi connectivity index (χ2n) is 7.97. The summed E-state index contributed by atoms with van der Waals surface area (Å²) in [5, 5.41) is 14.1. The lowest BCUT2D eigenvalue weighted by Gasteiger charge is -2.29. The zero-order chi connectivity index (χ0) is 21.5. The average Bonchev–Trinajstić information content (AvgIpc) is 3.13. The smallest absolute Gasteiger partial charge is 0.194 e. The molecule has 4 nitrogen and oxygen atoms in total. The van der Waals surface area contributed by atoms with Crippen LogP contribution in [-0.4, -0.2) is 16.2 Å². The molecule has 0 amide bonds. The first kappa shape index (κ1) is 20.3. The van der Waals surface area contributed by atoms with E-state index < -0.39 is 23.6 Å². The highest BCUT2D eigenvalue weighted by molar-refractivity contribution is 7.15. The van der Waals surface area contributed by atoms with Crippen LogP contribution in [0.2, 0.25) is 0 Å². The highest BCUT2D eigenvalue weighted by Gasteiger charge is 2.26. The van der Waals surface area contributed by atoms with Crippen molar-refractivity contribution in [1.82, 2.24) is 4.98 Å². The standard InChI is InChI=1S/C23H21F3N2O2S/c24-15-10-12(11-16(25)20(15)26)14-6-2-7-17(22(14)30-13-4-1-5-13)27-23-28-21-18(29)8-3-9-19(21)31-23/h2,6-7,10-11,13,18,29H,1,3-5,8-9H2,(H,27,28). The first-order chi connectivity index (χ1) is 15.0. The van der Waals surface area contributed by atoms with Crippen LogP contribution < -0.4 is 10.1 Å². The molecule has 2 aromatic carbocycles. The zero-order valence-corrected chi connectivity index (χ0v) is 17.4. The Balaban J connectivity index is 1.55. The van der Waals surface area contributed by atoms with Crippen molar-refractivity contribution in [1.29, 1.82) is 0 Å². The number of rotatable bonds is 5. The highest BCUT2D eigenvalue weighted by Crippen LogP contribution is 2.43. The largest absolute Gasteiger partial charge is 0.488 e. The van der Waals surface area contributed by atoms with Crippen molar-refractivity contribution in [3.63, 3.8) is 0 Å². The fraction of sp³-hybridized carbons (Fsp3) is 0.348. The van der Waals surface area contributed by atoms with Gasteiger partial charge in [-0.3, -0.25) is 0 Å². The van der Waals surface area contributed by atoms with Crippen LogP contribution in [0.4, 0.5) is 24.0 Å². The van der Waals surface area contributed by atoms with Crippen molar-refractivity contribution in [3.05, 3.63) is 58.4 Å². The quantitative estimate of drug-likeness (QED) is 0.454. The molecule has 3 aromatic rings. The van der Waals surface area contributed by atoms with E-state index in [1.165, 1.54) is 11.3 Å². The van der Waals surface area contributed by atoms with E-state index in [1.54, 1.807) is 12.1 Å². The summed E-state index contributed by atoms with van der Waals surface area (Å²) in [4.78, 5) is 5.61. The fourth-order valence-corrected chi connectivity index (χ4v) is 4.99. The van der Waals surface area contributed by atoms with Gasteiger partial charge in [-0.25, -0.2) is 18.2 Å². The van der Waals surface area contributed by atoms with E-state index in [1.807, 2.05) is 6.07 Å². The maximum absolute atomic E-state index is 13.9. The number of aliphatic hydroxyl groups excluding tert-OH is 1. The van der Waals surface area contributed by atoms with Gasteiger partial charge >= 0.3 is 0 Å². The van der Waals surface area contributed by atoms with Crippen LogP contribution in [0.3, 0.4) is 0 Å². The highest BCUT2D eigenvalue weighted by atomic mass is 32.1. The van der Waals surface area contributed by atoms with Crippen molar-refractivity contribution in [2.75, 3.05) is 5.32 Å². The first-order valence-electron chi connectivity index (χ1n) is 10.4. The Morgan fingerprint density at radius 2 is 1.84 bits per heavy atom. The second kappa shape index (κ2) is 8.16. The number of halogens is 3. The third kappa shape index (κ3) is 3.90. The monoisotopic (exact) mass is 446 g/mol. The molecule has 2 N–H and O–H groups in total. The second-order valence-corrected chi connectivity index (χ2v) is 9.05. The van der Waals surface area contributed by atoms with Crippen LogP contribution in [0.5, 0.6) is 5.75 Å². The molecule has 31 heavy (non-hydrogen) atoms. The maximum Gasteiger partial charge on any atom is 0.194 e. The molecule has 1 saturated carbocycles. The van der Waals surface area contributed by atoms with Gasteiger partial charge in [-0.15, -0.1) is 11.3 Å². The van der Waals surface area contributed by atoms with Crippen LogP contribution in [-0.2, 0) is 6.42 Å². The Kier molecular flexibility index (Phi) is 5.35. The van der Waals surface area contributed by atoms with Gasteiger partial charge in [0.25, 0.3) is 0 Å². The molecule has 1 unspecified atom stereocenters. The Hall–Kier alpha value is -2.58. The molecule has 2 aliphatic carbocycles. The Labute approximate surface area is 181 Å². The summed E-state index contributed by atoms with van der Waals surface area (Å²) in [6, 6.07) is 7.20. The van der Waals surface area contributed by atoms with E-state index in [2.05, 4.69) is 10.3 Å². The first-order valence-corrected chi connectivity index (χ1v) is 11.2. The van der Waals surface area contributed by atoms with Gasteiger partial charge in [0.05, 0.1) is 23.6 Å². The minimum Gasteiger partial charge on any atom is -0.488 e. The van der Waals surface area contributed by atoms with Gasteiger partial charge in [0, 0.05) is 10.4 Å². The van der Waals surface area contributed by atoms with Gasteiger partial charge in [-0.1, -0.05) is 12.1 Å². The summed E-state index contributed by atoms with van der Waals surface area (Å²) >= 11 is 1.48. The van der Waals surface area contributed by atoms with Gasteiger partial charge < -0.3 is 15.2 Å². The molecule has 1 fully saturated rings. The van der Waals surface area contributed by atoms with Crippen molar-refractivity contribution < 1.29 is 23.0 Å². The Morgan fingerprint density at radius 3 is 2.52 bits per heavy atom. The summed E-state index contributed by atoms with van der Waals surface area (Å²) in [7, 11) is 0. The molecule has 0 radical (unpaired) electrons. The molecule has 0 saturated heterocycles. The molecule has 0 aliphatic heterocycles. The maximum atomic E-state index is 13.9. The molecule has 0 bridgehead atoms. The molecule has 8 heteroatoms. The number of anilines is 2. The molecule has 162 valence electrons. The number of benzene rings is 2. The number of fused-ring (bicyclic) bond motifs is 1. The van der Waals surface area contributed by atoms with E-state index >= 15 is 0 Å². The van der Waals surface area contributed by atoms with E-state index in [0.717, 1.165) is 49.1 Å². The number of thiazole rings is 1. The number of aryl methyl sites for hydroxylation is 1. The van der Waals surface area contributed by atoms with Crippen molar-refractivity contribution in [3.8, 4) is 16.9 Å².